The SMILES string of the molecule is CC/C=C\C/C=C\C/C=C\C/C=C\CCCCCCCCCCCCCCCCCCCCCCC(=O)OC(COC(=O)CCCCCCCCCCCCCCCCCCCCCCCCCCCCCCCCCCCCCCC)COC(OCC[N+](C)(C)C)C(=O)[O-]. The van der Waals surface area contributed by atoms with Crippen molar-refractivity contribution in [1.82, 2.24) is 0 Å². The number of carboxylic acids is 1. The molecule has 0 aromatic rings. The number of rotatable bonds is 79. The molecule has 0 aromatic heterocycles. The van der Waals surface area contributed by atoms with Gasteiger partial charge < -0.3 is 33.3 Å². The normalized spacial score (nSPS) is 12.8. The Kier molecular flexibility index (Phi) is 74.8. The average Bonchev–Trinajstić information content (AvgIpc) is 3.75. The number of aliphatic carboxylic acids is 1. The number of nitrogens with zero attached hydrogens (tertiary/aromatic N) is 1. The molecule has 95 heavy (non-hydrogen) atoms. The van der Waals surface area contributed by atoms with Crippen molar-refractivity contribution in [3.8, 4) is 0 Å². The summed E-state index contributed by atoms with van der Waals surface area (Å²) in [5, 5.41) is 11.9. The highest BCUT2D eigenvalue weighted by Crippen LogP contribution is 2.20. The number of allylic oxidation sites excluding steroid dienone is 8. The van der Waals surface area contributed by atoms with Crippen molar-refractivity contribution in [3.63, 3.8) is 0 Å². The quantitative estimate of drug-likeness (QED) is 0.0195. The molecule has 0 saturated carbocycles. The molecule has 0 N–H and O–H groups in total. The molecule has 9 nitrogen and oxygen atoms in total. The lowest BCUT2D eigenvalue weighted by Gasteiger charge is -2.26. The largest absolute Gasteiger partial charge is 0.545 e. The lowest BCUT2D eigenvalue weighted by atomic mass is 10.0. The predicted octanol–water partition coefficient (Wildman–Crippen LogP) is 25.5. The van der Waals surface area contributed by atoms with Gasteiger partial charge in [0.15, 0.2) is 12.4 Å². The van der Waals surface area contributed by atoms with Crippen LogP contribution < -0.4 is 5.11 Å². The molecular formula is C86H161NO8. The van der Waals surface area contributed by atoms with Crippen LogP contribution in [0.25, 0.3) is 0 Å². The number of likely N-dealkylation sites (N-methyl/N-ethyl adjacent to an activating group) is 1. The van der Waals surface area contributed by atoms with Crippen molar-refractivity contribution >= 4 is 17.9 Å². The molecule has 0 saturated heterocycles. The molecule has 0 aliphatic rings. The molecule has 0 bridgehead atoms. The summed E-state index contributed by atoms with van der Waals surface area (Å²) in [7, 11) is 5.95. The van der Waals surface area contributed by atoms with Crippen molar-refractivity contribution in [2.24, 2.45) is 0 Å². The molecule has 0 amide bonds. The summed E-state index contributed by atoms with van der Waals surface area (Å²) in [6, 6.07) is 0. The first-order valence-corrected chi connectivity index (χ1v) is 41.8. The van der Waals surface area contributed by atoms with Crippen LogP contribution in [-0.4, -0.2) is 82.3 Å². The smallest absolute Gasteiger partial charge is 0.306 e. The van der Waals surface area contributed by atoms with Crippen molar-refractivity contribution in [2.45, 2.75) is 437 Å². The van der Waals surface area contributed by atoms with E-state index in [-0.39, 0.29) is 32.2 Å². The Balaban J connectivity index is 3.93. The summed E-state index contributed by atoms with van der Waals surface area (Å²) >= 11 is 0. The fourth-order valence-electron chi connectivity index (χ4n) is 12.8. The van der Waals surface area contributed by atoms with Crippen LogP contribution in [0.5, 0.6) is 0 Å². The monoisotopic (exact) mass is 1340 g/mol. The Morgan fingerprint density at radius 1 is 0.326 bits per heavy atom. The van der Waals surface area contributed by atoms with E-state index in [4.69, 9.17) is 18.9 Å². The fourth-order valence-corrected chi connectivity index (χ4v) is 12.8. The summed E-state index contributed by atoms with van der Waals surface area (Å²) in [6.07, 6.45) is 98.3. The van der Waals surface area contributed by atoms with Crippen LogP contribution in [0.1, 0.15) is 425 Å². The zero-order chi connectivity index (χ0) is 69.0. The minimum absolute atomic E-state index is 0.151. The van der Waals surface area contributed by atoms with E-state index in [0.29, 0.717) is 17.4 Å². The lowest BCUT2D eigenvalue weighted by Crippen LogP contribution is -2.44. The summed E-state index contributed by atoms with van der Waals surface area (Å²) < 4.78 is 22.9. The van der Waals surface area contributed by atoms with Crippen molar-refractivity contribution in [1.29, 1.82) is 0 Å². The molecule has 0 aromatic carbocycles. The van der Waals surface area contributed by atoms with E-state index in [2.05, 4.69) is 62.5 Å². The van der Waals surface area contributed by atoms with Crippen molar-refractivity contribution in [2.75, 3.05) is 47.5 Å². The topological polar surface area (TPSA) is 111 Å². The van der Waals surface area contributed by atoms with Gasteiger partial charge in [-0.25, -0.2) is 0 Å². The standard InChI is InChI=1S/C86H161NO8/c1-6-8-10-12-14-16-18-20-22-24-26-28-30-32-34-36-38-40-41-42-43-45-46-48-50-52-54-56-58-60-62-64-66-68-70-72-74-76-83(88)93-80-82(81-94-86(85(90)91)92-79-78-87(3,4)5)95-84(89)77-75-73-71-69-67-65-63-61-59-57-55-53-51-49-47-44-39-37-35-33-31-29-27-25-23-21-19-17-15-13-11-9-7-2/h9,11,15,17,21,23,27,29,82,86H,6-8,10,12-14,16,18-20,22,24-26,28,30-81H2,1-5H3/b11-9-,17-15-,23-21-,29-27-. The first-order chi connectivity index (χ1) is 46.6. The van der Waals surface area contributed by atoms with Crippen LogP contribution in [0.3, 0.4) is 0 Å². The second kappa shape index (κ2) is 77.0. The van der Waals surface area contributed by atoms with E-state index in [9.17, 15) is 19.5 Å². The maximum absolute atomic E-state index is 13.0. The molecule has 2 unspecified atom stereocenters. The van der Waals surface area contributed by atoms with Gasteiger partial charge in [0.05, 0.1) is 40.3 Å². The van der Waals surface area contributed by atoms with Gasteiger partial charge in [-0.15, -0.1) is 0 Å². The Hall–Kier alpha value is -2.75. The average molecular weight is 1340 g/mol. The zero-order valence-electron chi connectivity index (χ0n) is 64.1. The summed E-state index contributed by atoms with van der Waals surface area (Å²) in [5.41, 5.74) is 0. The molecule has 9 heteroatoms. The van der Waals surface area contributed by atoms with Crippen LogP contribution >= 0.6 is 0 Å². The van der Waals surface area contributed by atoms with Gasteiger partial charge in [0, 0.05) is 12.8 Å². The highest BCUT2D eigenvalue weighted by molar-refractivity contribution is 5.70. The van der Waals surface area contributed by atoms with E-state index in [1.165, 1.54) is 334 Å². The third kappa shape index (κ3) is 78.5. The third-order valence-electron chi connectivity index (χ3n) is 19.1. The molecule has 0 spiro atoms. The van der Waals surface area contributed by atoms with Gasteiger partial charge in [0.25, 0.3) is 0 Å². The minimum atomic E-state index is -1.62. The number of ether oxygens (including phenoxy) is 4. The van der Waals surface area contributed by atoms with Crippen molar-refractivity contribution < 1.29 is 42.9 Å². The molecule has 0 heterocycles. The number of quaternary nitrogens is 1. The van der Waals surface area contributed by atoms with Gasteiger partial charge in [0.1, 0.15) is 13.2 Å². The second-order valence-electron chi connectivity index (χ2n) is 29.8. The van der Waals surface area contributed by atoms with Gasteiger partial charge in [0.2, 0.25) is 0 Å². The lowest BCUT2D eigenvalue weighted by molar-refractivity contribution is -0.870. The maximum atomic E-state index is 13.0. The minimum Gasteiger partial charge on any atom is -0.545 e. The molecular weight excluding hydrogens is 1170 g/mol. The Morgan fingerprint density at radius 3 is 0.895 bits per heavy atom. The molecule has 0 aliphatic carbocycles. The van der Waals surface area contributed by atoms with Gasteiger partial charge in [-0.3, -0.25) is 9.59 Å². The van der Waals surface area contributed by atoms with Gasteiger partial charge in [-0.2, -0.15) is 0 Å². The van der Waals surface area contributed by atoms with Gasteiger partial charge in [-0.05, 0) is 51.4 Å². The number of carbonyl (C=O) groups is 3. The van der Waals surface area contributed by atoms with Crippen LogP contribution in [-0.2, 0) is 33.3 Å². The molecule has 558 valence electrons. The fraction of sp³-hybridized carbons (Fsp3) is 0.872. The summed E-state index contributed by atoms with van der Waals surface area (Å²) in [4.78, 5) is 37.6. The van der Waals surface area contributed by atoms with Gasteiger partial charge >= 0.3 is 11.9 Å². The first kappa shape index (κ1) is 92.2. The molecule has 0 fully saturated rings. The van der Waals surface area contributed by atoms with Crippen LogP contribution in [0, 0.1) is 0 Å². The number of hydrogen-bond acceptors (Lipinski definition) is 8. The Morgan fingerprint density at radius 2 is 0.600 bits per heavy atom. The zero-order valence-corrected chi connectivity index (χ0v) is 64.1. The van der Waals surface area contributed by atoms with E-state index in [1.54, 1.807) is 0 Å². The molecule has 2 atom stereocenters. The van der Waals surface area contributed by atoms with E-state index in [0.717, 1.165) is 64.2 Å². The third-order valence-corrected chi connectivity index (χ3v) is 19.1. The number of carboxylic acid groups (broad SMARTS) is 1. The van der Waals surface area contributed by atoms with Gasteiger partial charge in [-0.1, -0.05) is 409 Å². The van der Waals surface area contributed by atoms with E-state index >= 15 is 0 Å². The highest BCUT2D eigenvalue weighted by atomic mass is 16.7. The molecule has 0 aliphatic heterocycles. The van der Waals surface area contributed by atoms with E-state index < -0.39 is 24.3 Å². The van der Waals surface area contributed by atoms with Crippen LogP contribution in [0.15, 0.2) is 48.6 Å². The number of hydrogen-bond donors (Lipinski definition) is 0. The summed E-state index contributed by atoms with van der Waals surface area (Å²) in [6.45, 7) is 4.72. The molecule has 0 radical (unpaired) electrons. The first-order valence-electron chi connectivity index (χ1n) is 41.8. The number of unbranched alkanes of at least 4 members (excludes halogenated alkanes) is 56. The predicted molar refractivity (Wildman–Crippen MR) is 408 cm³/mol. The maximum Gasteiger partial charge on any atom is 0.306 e. The highest BCUT2D eigenvalue weighted by Gasteiger charge is 2.22. The van der Waals surface area contributed by atoms with Crippen LogP contribution in [0.2, 0.25) is 0 Å². The Bertz CT molecular complexity index is 1700. The van der Waals surface area contributed by atoms with Crippen molar-refractivity contribution in [3.05, 3.63) is 48.6 Å². The Labute approximate surface area is 591 Å². The molecule has 0 rings (SSSR count). The second-order valence-corrected chi connectivity index (χ2v) is 29.8. The number of esters is 2. The van der Waals surface area contributed by atoms with E-state index in [1.807, 2.05) is 21.1 Å². The van der Waals surface area contributed by atoms with Crippen LogP contribution in [0.4, 0.5) is 0 Å². The summed E-state index contributed by atoms with van der Waals surface area (Å²) in [5.74, 6) is -2.25. The number of carbonyl (C=O) groups excluding carboxylic acids is 3.